The molecule has 3 N–H and O–H groups in total. The number of anilines is 2. The van der Waals surface area contributed by atoms with Crippen LogP contribution in [0.4, 0.5) is 11.5 Å². The second kappa shape index (κ2) is 6.34. The summed E-state index contributed by atoms with van der Waals surface area (Å²) in [6.07, 6.45) is 0.835. The highest BCUT2D eigenvalue weighted by Gasteiger charge is 2.13. The highest BCUT2D eigenvalue weighted by atomic mass is 16.1. The van der Waals surface area contributed by atoms with Crippen LogP contribution in [0.25, 0.3) is 0 Å². The zero-order valence-electron chi connectivity index (χ0n) is 11.9. The van der Waals surface area contributed by atoms with E-state index in [1.54, 1.807) is 6.92 Å². The van der Waals surface area contributed by atoms with Crippen LogP contribution in [-0.4, -0.2) is 23.1 Å². The number of hydrogen-bond donors (Lipinski definition) is 2. The van der Waals surface area contributed by atoms with Crippen molar-refractivity contribution in [1.82, 2.24) is 9.97 Å². The lowest BCUT2D eigenvalue weighted by Crippen LogP contribution is -2.25. The Hall–Kier alpha value is -2.14. The van der Waals surface area contributed by atoms with E-state index in [0.29, 0.717) is 18.2 Å². The Bertz CT molecular complexity index is 636. The Kier molecular flexibility index (Phi) is 4.53. The second-order valence-corrected chi connectivity index (χ2v) is 4.77. The van der Waals surface area contributed by atoms with Gasteiger partial charge in [-0.15, -0.1) is 0 Å². The molecule has 0 amide bonds. The summed E-state index contributed by atoms with van der Waals surface area (Å²) in [5, 5.41) is 0. The lowest BCUT2D eigenvalue weighted by atomic mass is 10.1. The van der Waals surface area contributed by atoms with Crippen molar-refractivity contribution in [1.29, 1.82) is 0 Å². The van der Waals surface area contributed by atoms with E-state index >= 15 is 0 Å². The third kappa shape index (κ3) is 3.24. The summed E-state index contributed by atoms with van der Waals surface area (Å²) in [5.74, 6) is 1.27. The van der Waals surface area contributed by atoms with E-state index in [2.05, 4.69) is 9.97 Å². The number of para-hydroxylation sites is 1. The molecule has 5 nitrogen and oxygen atoms in total. The van der Waals surface area contributed by atoms with Gasteiger partial charge in [-0.3, -0.25) is 4.79 Å². The number of benzene rings is 1. The Morgan fingerprint density at radius 1 is 1.30 bits per heavy atom. The predicted molar refractivity (Wildman–Crippen MR) is 81.5 cm³/mol. The van der Waals surface area contributed by atoms with E-state index in [9.17, 15) is 4.79 Å². The number of nitrogens with one attached hydrogen (secondary N) is 1. The second-order valence-electron chi connectivity index (χ2n) is 4.77. The van der Waals surface area contributed by atoms with E-state index < -0.39 is 0 Å². The highest BCUT2D eigenvalue weighted by Crippen LogP contribution is 2.26. The molecule has 0 aliphatic rings. The number of aryl methyl sites for hydroxylation is 2. The summed E-state index contributed by atoms with van der Waals surface area (Å²) >= 11 is 0. The Labute approximate surface area is 118 Å². The van der Waals surface area contributed by atoms with Crippen LogP contribution in [0.15, 0.2) is 35.1 Å². The van der Waals surface area contributed by atoms with Crippen LogP contribution in [0.5, 0.6) is 0 Å². The smallest absolute Gasteiger partial charge is 0.252 e. The molecule has 1 aromatic carbocycles. The molecule has 0 bridgehead atoms. The molecule has 0 saturated carbocycles. The maximum atomic E-state index is 11.7. The standard InChI is InChI=1S/C15H20N4O/c1-11-6-3-4-7-13(11)19(9-5-8-16)14-10-15(20)18-12(2)17-14/h3-4,6-7,10H,5,8-9,16H2,1-2H3,(H,17,18,20). The molecule has 106 valence electrons. The van der Waals surface area contributed by atoms with Gasteiger partial charge in [0.1, 0.15) is 11.6 Å². The molecule has 0 unspecified atom stereocenters. The molecule has 0 spiro atoms. The van der Waals surface area contributed by atoms with Gasteiger partial charge in [0.2, 0.25) is 0 Å². The minimum absolute atomic E-state index is 0.140. The molecule has 0 saturated heterocycles. The zero-order chi connectivity index (χ0) is 14.5. The van der Waals surface area contributed by atoms with E-state index in [4.69, 9.17) is 5.73 Å². The van der Waals surface area contributed by atoms with Crippen LogP contribution in [-0.2, 0) is 0 Å². The van der Waals surface area contributed by atoms with Crippen molar-refractivity contribution >= 4 is 11.5 Å². The van der Waals surface area contributed by atoms with Crippen molar-refractivity contribution < 1.29 is 0 Å². The molecule has 2 rings (SSSR count). The fourth-order valence-corrected chi connectivity index (χ4v) is 2.18. The molecule has 0 atom stereocenters. The third-order valence-electron chi connectivity index (χ3n) is 3.12. The lowest BCUT2D eigenvalue weighted by molar-refractivity contribution is 0.802. The molecular weight excluding hydrogens is 252 g/mol. The van der Waals surface area contributed by atoms with Gasteiger partial charge in [0.05, 0.1) is 0 Å². The molecule has 0 aliphatic carbocycles. The first-order chi connectivity index (χ1) is 9.61. The minimum Gasteiger partial charge on any atom is -0.330 e. The lowest BCUT2D eigenvalue weighted by Gasteiger charge is -2.25. The Morgan fingerprint density at radius 3 is 2.70 bits per heavy atom. The number of aromatic nitrogens is 2. The topological polar surface area (TPSA) is 75.0 Å². The van der Waals surface area contributed by atoms with Crippen molar-refractivity contribution in [2.24, 2.45) is 5.73 Å². The zero-order valence-corrected chi connectivity index (χ0v) is 11.9. The quantitative estimate of drug-likeness (QED) is 0.871. The summed E-state index contributed by atoms with van der Waals surface area (Å²) in [5.41, 5.74) is 7.67. The fraction of sp³-hybridized carbons (Fsp3) is 0.333. The van der Waals surface area contributed by atoms with E-state index in [0.717, 1.165) is 24.2 Å². The van der Waals surface area contributed by atoms with Crippen molar-refractivity contribution in [2.75, 3.05) is 18.0 Å². The maximum Gasteiger partial charge on any atom is 0.252 e. The van der Waals surface area contributed by atoms with Gasteiger partial charge in [0.25, 0.3) is 5.56 Å². The monoisotopic (exact) mass is 272 g/mol. The summed E-state index contributed by atoms with van der Waals surface area (Å²) in [6, 6.07) is 9.58. The normalized spacial score (nSPS) is 10.6. The molecule has 1 aromatic heterocycles. The van der Waals surface area contributed by atoms with Gasteiger partial charge in [-0.1, -0.05) is 18.2 Å². The van der Waals surface area contributed by atoms with Crippen molar-refractivity contribution in [3.05, 3.63) is 52.1 Å². The molecule has 1 heterocycles. The van der Waals surface area contributed by atoms with Crippen molar-refractivity contribution in [3.63, 3.8) is 0 Å². The average molecular weight is 272 g/mol. The summed E-state index contributed by atoms with van der Waals surface area (Å²) < 4.78 is 0. The number of rotatable bonds is 5. The summed E-state index contributed by atoms with van der Waals surface area (Å²) in [6.45, 7) is 5.16. The van der Waals surface area contributed by atoms with Crippen LogP contribution >= 0.6 is 0 Å². The molecule has 0 fully saturated rings. The third-order valence-corrected chi connectivity index (χ3v) is 3.12. The van der Waals surface area contributed by atoms with E-state index in [-0.39, 0.29) is 5.56 Å². The number of H-pyrrole nitrogens is 1. The van der Waals surface area contributed by atoms with Crippen LogP contribution in [0.1, 0.15) is 17.8 Å². The molecule has 20 heavy (non-hydrogen) atoms. The van der Waals surface area contributed by atoms with Crippen molar-refractivity contribution in [2.45, 2.75) is 20.3 Å². The van der Waals surface area contributed by atoms with Gasteiger partial charge in [-0.25, -0.2) is 4.98 Å². The van der Waals surface area contributed by atoms with Gasteiger partial charge >= 0.3 is 0 Å². The Balaban J connectivity index is 2.47. The Morgan fingerprint density at radius 2 is 2.05 bits per heavy atom. The SMILES string of the molecule is Cc1nc(N(CCCN)c2ccccc2C)cc(=O)[nH]1. The molecule has 0 aliphatic heterocycles. The molecule has 5 heteroatoms. The van der Waals surface area contributed by atoms with Crippen LogP contribution in [0.2, 0.25) is 0 Å². The number of nitrogens with zero attached hydrogens (tertiary/aromatic N) is 2. The first-order valence-corrected chi connectivity index (χ1v) is 6.73. The van der Waals surface area contributed by atoms with Crippen LogP contribution in [0, 0.1) is 13.8 Å². The first kappa shape index (κ1) is 14.3. The van der Waals surface area contributed by atoms with Crippen LogP contribution in [0.3, 0.4) is 0 Å². The number of nitrogens with two attached hydrogens (primary N) is 1. The van der Waals surface area contributed by atoms with Gasteiger partial charge in [0.15, 0.2) is 0 Å². The number of hydrogen-bond acceptors (Lipinski definition) is 4. The minimum atomic E-state index is -0.140. The number of aromatic amines is 1. The molecule has 2 aromatic rings. The van der Waals surface area contributed by atoms with Crippen molar-refractivity contribution in [3.8, 4) is 0 Å². The van der Waals surface area contributed by atoms with Gasteiger partial charge in [-0.05, 0) is 38.4 Å². The van der Waals surface area contributed by atoms with Gasteiger partial charge in [0, 0.05) is 18.3 Å². The summed E-state index contributed by atoms with van der Waals surface area (Å²) in [7, 11) is 0. The van der Waals surface area contributed by atoms with Crippen LogP contribution < -0.4 is 16.2 Å². The maximum absolute atomic E-state index is 11.7. The fourth-order valence-electron chi connectivity index (χ4n) is 2.18. The van der Waals surface area contributed by atoms with Gasteiger partial charge < -0.3 is 15.6 Å². The largest absolute Gasteiger partial charge is 0.330 e. The highest BCUT2D eigenvalue weighted by molar-refractivity contribution is 5.63. The summed E-state index contributed by atoms with van der Waals surface area (Å²) in [4.78, 5) is 20.8. The molecular formula is C15H20N4O. The van der Waals surface area contributed by atoms with E-state index in [1.165, 1.54) is 6.07 Å². The van der Waals surface area contributed by atoms with E-state index in [1.807, 2.05) is 36.1 Å². The van der Waals surface area contributed by atoms with Gasteiger partial charge in [-0.2, -0.15) is 0 Å². The first-order valence-electron chi connectivity index (χ1n) is 6.73. The average Bonchev–Trinajstić information content (AvgIpc) is 2.40. The predicted octanol–water partition coefficient (Wildman–Crippen LogP) is 1.87. The molecule has 0 radical (unpaired) electrons.